The lowest BCUT2D eigenvalue weighted by atomic mass is 9.74. The number of anilines is 1. The number of benzene rings is 2. The molecular weight excluding hydrogens is 428 g/mol. The number of nitrogens with zero attached hydrogens (tertiary/aromatic N) is 4. The molecule has 0 amide bonds. The Morgan fingerprint density at radius 3 is 2.79 bits per heavy atom. The van der Waals surface area contributed by atoms with E-state index >= 15 is 0 Å². The van der Waals surface area contributed by atoms with Crippen molar-refractivity contribution in [3.63, 3.8) is 0 Å². The topological polar surface area (TPSA) is 68.9 Å². The van der Waals surface area contributed by atoms with E-state index in [0.29, 0.717) is 28.6 Å². The van der Waals surface area contributed by atoms with Crippen LogP contribution < -0.4 is 10.6 Å². The molecule has 3 aromatic rings. The molecule has 4 atom stereocenters. The van der Waals surface area contributed by atoms with Crippen LogP contribution in [-0.4, -0.2) is 45.5 Å². The molecule has 3 aliphatic rings. The van der Waals surface area contributed by atoms with Crippen LogP contribution in [0.4, 0.5) is 5.69 Å². The van der Waals surface area contributed by atoms with Crippen LogP contribution in [0.3, 0.4) is 0 Å². The van der Waals surface area contributed by atoms with Gasteiger partial charge in [-0.3, -0.25) is 9.58 Å². The van der Waals surface area contributed by atoms with Crippen molar-refractivity contribution < 1.29 is 0 Å². The van der Waals surface area contributed by atoms with Gasteiger partial charge in [0.15, 0.2) is 5.11 Å². The number of piperidine rings is 3. The maximum absolute atomic E-state index is 9.07. The van der Waals surface area contributed by atoms with Gasteiger partial charge in [0.2, 0.25) is 0 Å². The van der Waals surface area contributed by atoms with Crippen molar-refractivity contribution in [2.24, 2.45) is 13.0 Å². The molecule has 0 aliphatic carbocycles. The minimum Gasteiger partial charge on any atom is -0.361 e. The van der Waals surface area contributed by atoms with Crippen molar-refractivity contribution in [3.8, 4) is 17.3 Å². The molecule has 7 heteroatoms. The van der Waals surface area contributed by atoms with Crippen LogP contribution in [0.1, 0.15) is 30.0 Å². The lowest BCUT2D eigenvalue weighted by Crippen LogP contribution is -2.56. The largest absolute Gasteiger partial charge is 0.361 e. The summed E-state index contributed by atoms with van der Waals surface area (Å²) < 4.78 is 2.08. The molecule has 3 fully saturated rings. The van der Waals surface area contributed by atoms with Crippen molar-refractivity contribution in [3.05, 3.63) is 71.9 Å². The van der Waals surface area contributed by atoms with Gasteiger partial charge in [0.05, 0.1) is 17.3 Å². The van der Waals surface area contributed by atoms with E-state index in [4.69, 9.17) is 22.6 Å². The molecule has 3 aliphatic heterocycles. The number of aryl methyl sites for hydroxylation is 1. The average molecular weight is 457 g/mol. The SMILES string of the molecule is Cn1nc(-c2ccccc2)cc1C1CN2CCC1CC2CNC(=S)Nc1cccc(C#N)c1. The Morgan fingerprint density at radius 1 is 1.18 bits per heavy atom. The van der Waals surface area contributed by atoms with Gasteiger partial charge in [-0.15, -0.1) is 0 Å². The number of hydrogen-bond acceptors (Lipinski definition) is 4. The van der Waals surface area contributed by atoms with E-state index in [1.54, 1.807) is 6.07 Å². The summed E-state index contributed by atoms with van der Waals surface area (Å²) in [5, 5.41) is 21.1. The van der Waals surface area contributed by atoms with Crippen LogP contribution in [-0.2, 0) is 7.05 Å². The fraction of sp³-hybridized carbons (Fsp3) is 0.346. The van der Waals surface area contributed by atoms with Crippen molar-refractivity contribution in [2.45, 2.75) is 24.8 Å². The highest BCUT2D eigenvalue weighted by Gasteiger charge is 2.41. The number of hydrogen-bond donors (Lipinski definition) is 2. The summed E-state index contributed by atoms with van der Waals surface area (Å²) in [7, 11) is 2.07. The number of aromatic nitrogens is 2. The normalized spacial score (nSPS) is 23.6. The zero-order chi connectivity index (χ0) is 22.8. The van der Waals surface area contributed by atoms with Crippen molar-refractivity contribution in [1.82, 2.24) is 20.0 Å². The van der Waals surface area contributed by atoms with Gasteiger partial charge >= 0.3 is 0 Å². The van der Waals surface area contributed by atoms with E-state index in [-0.39, 0.29) is 0 Å². The smallest absolute Gasteiger partial charge is 0.170 e. The van der Waals surface area contributed by atoms with E-state index in [1.165, 1.54) is 17.7 Å². The third-order valence-electron chi connectivity index (χ3n) is 6.99. The molecule has 0 spiro atoms. The Morgan fingerprint density at radius 2 is 2.03 bits per heavy atom. The Kier molecular flexibility index (Phi) is 6.12. The third-order valence-corrected chi connectivity index (χ3v) is 7.24. The first-order valence-electron chi connectivity index (χ1n) is 11.5. The van der Waals surface area contributed by atoms with Gasteiger partial charge in [0.1, 0.15) is 0 Å². The average Bonchev–Trinajstić information content (AvgIpc) is 3.25. The lowest BCUT2D eigenvalue weighted by molar-refractivity contribution is 0.0303. The Bertz CT molecular complexity index is 1180. The van der Waals surface area contributed by atoms with Crippen LogP contribution in [0.15, 0.2) is 60.7 Å². The van der Waals surface area contributed by atoms with Crippen molar-refractivity contribution >= 4 is 23.0 Å². The van der Waals surface area contributed by atoms with Crippen molar-refractivity contribution in [2.75, 3.05) is 25.0 Å². The highest BCUT2D eigenvalue weighted by molar-refractivity contribution is 7.80. The molecule has 4 unspecified atom stereocenters. The highest BCUT2D eigenvalue weighted by Crippen LogP contribution is 2.42. The van der Waals surface area contributed by atoms with Gasteiger partial charge in [-0.05, 0) is 61.8 Å². The highest BCUT2D eigenvalue weighted by atomic mass is 32.1. The third kappa shape index (κ3) is 4.63. The molecule has 6 rings (SSSR count). The number of fused-ring (bicyclic) bond motifs is 3. The summed E-state index contributed by atoms with van der Waals surface area (Å²) in [6.07, 6.45) is 2.40. The first kappa shape index (κ1) is 21.6. The Balaban J connectivity index is 1.20. The fourth-order valence-electron chi connectivity index (χ4n) is 5.32. The Hall–Kier alpha value is -3.21. The molecule has 2 bridgehead atoms. The summed E-state index contributed by atoms with van der Waals surface area (Å²) >= 11 is 5.50. The molecule has 6 nitrogen and oxygen atoms in total. The van der Waals surface area contributed by atoms with E-state index in [9.17, 15) is 0 Å². The number of nitriles is 1. The van der Waals surface area contributed by atoms with Gasteiger partial charge in [-0.25, -0.2) is 0 Å². The van der Waals surface area contributed by atoms with Crippen LogP contribution in [0, 0.1) is 17.2 Å². The molecule has 3 saturated heterocycles. The maximum atomic E-state index is 9.07. The zero-order valence-electron chi connectivity index (χ0n) is 18.7. The minimum atomic E-state index is 0.479. The Labute approximate surface area is 200 Å². The standard InChI is InChI=1S/C26H28N6S/c1-31-25(14-24(30-31)19-7-3-2-4-8-19)23-17-32-11-10-20(23)13-22(32)16-28-26(33)29-21-9-5-6-18(12-21)15-27/h2-9,12,14,20,22-23H,10-11,13,16-17H2,1H3,(H2,28,29,33). The molecule has 2 aromatic carbocycles. The molecule has 0 radical (unpaired) electrons. The second-order valence-electron chi connectivity index (χ2n) is 9.01. The fourth-order valence-corrected chi connectivity index (χ4v) is 5.52. The predicted octanol–water partition coefficient (Wildman–Crippen LogP) is 4.12. The van der Waals surface area contributed by atoms with Gasteiger partial charge in [0.25, 0.3) is 0 Å². The monoisotopic (exact) mass is 456 g/mol. The molecule has 33 heavy (non-hydrogen) atoms. The first-order valence-corrected chi connectivity index (χ1v) is 11.9. The summed E-state index contributed by atoms with van der Waals surface area (Å²) in [5.74, 6) is 1.18. The second kappa shape index (κ2) is 9.34. The van der Waals surface area contributed by atoms with Gasteiger partial charge < -0.3 is 10.6 Å². The van der Waals surface area contributed by atoms with Gasteiger partial charge in [-0.2, -0.15) is 10.4 Å². The minimum absolute atomic E-state index is 0.479. The number of nitrogens with one attached hydrogen (secondary N) is 2. The van der Waals surface area contributed by atoms with Crippen LogP contribution in [0.25, 0.3) is 11.3 Å². The first-order chi connectivity index (χ1) is 16.1. The van der Waals surface area contributed by atoms with E-state index in [1.807, 2.05) is 24.3 Å². The van der Waals surface area contributed by atoms with E-state index < -0.39 is 0 Å². The molecule has 168 valence electrons. The molecule has 1 aromatic heterocycles. The quantitative estimate of drug-likeness (QED) is 0.563. The zero-order valence-corrected chi connectivity index (χ0v) is 19.6. The maximum Gasteiger partial charge on any atom is 0.170 e. The summed E-state index contributed by atoms with van der Waals surface area (Å²) in [5.41, 5.74) is 5.02. The summed E-state index contributed by atoms with van der Waals surface area (Å²) in [6, 6.07) is 22.7. The van der Waals surface area contributed by atoms with Crippen LogP contribution in [0.2, 0.25) is 0 Å². The van der Waals surface area contributed by atoms with E-state index in [2.05, 4.69) is 63.7 Å². The summed E-state index contributed by atoms with van der Waals surface area (Å²) in [4.78, 5) is 2.60. The molecule has 0 saturated carbocycles. The van der Waals surface area contributed by atoms with Gasteiger partial charge in [-0.1, -0.05) is 36.4 Å². The van der Waals surface area contributed by atoms with Crippen molar-refractivity contribution in [1.29, 1.82) is 5.26 Å². The second-order valence-corrected chi connectivity index (χ2v) is 9.42. The predicted molar refractivity (Wildman–Crippen MR) is 135 cm³/mol. The molecular formula is C26H28N6S. The van der Waals surface area contributed by atoms with E-state index in [0.717, 1.165) is 37.4 Å². The lowest BCUT2D eigenvalue weighted by Gasteiger charge is -2.50. The molecule has 2 N–H and O–H groups in total. The van der Waals surface area contributed by atoms with Gasteiger partial charge in [0, 0.05) is 49.0 Å². The summed E-state index contributed by atoms with van der Waals surface area (Å²) in [6.45, 7) is 3.03. The molecule has 4 heterocycles. The number of rotatable bonds is 5. The van der Waals surface area contributed by atoms with Crippen LogP contribution >= 0.6 is 12.2 Å². The van der Waals surface area contributed by atoms with Crippen LogP contribution in [0.5, 0.6) is 0 Å². The number of thiocarbonyl (C=S) groups is 1.